The molecule has 0 aromatic heterocycles. The predicted octanol–water partition coefficient (Wildman–Crippen LogP) is 5.57. The highest BCUT2D eigenvalue weighted by atomic mass is 32.2. The van der Waals surface area contributed by atoms with Gasteiger partial charge in [-0.15, -0.1) is 0 Å². The largest absolute Gasteiger partial charge is 0.493 e. The van der Waals surface area contributed by atoms with Crippen LogP contribution in [-0.4, -0.2) is 40.5 Å². The standard InChI is InChI=1S/C30H34FNO6S/c1-20-12-26(37-19-30(3)17-36-18-30)13-21(2)29(20)24-7-5-6-22(14-24)16-32-25-10-8-23(27(31)15-25)9-11-28(33)38-39(4,34)35/h5-8,10,12-15,32H,9,11,16-19H2,1-4H3. The van der Waals surface area contributed by atoms with Gasteiger partial charge in [-0.3, -0.25) is 4.79 Å². The van der Waals surface area contributed by atoms with Crippen LogP contribution in [0.25, 0.3) is 11.1 Å². The number of benzene rings is 3. The third-order valence-corrected chi connectivity index (χ3v) is 7.09. The summed E-state index contributed by atoms with van der Waals surface area (Å²) in [6.45, 7) is 8.90. The molecule has 39 heavy (non-hydrogen) atoms. The van der Waals surface area contributed by atoms with Crippen LogP contribution in [0.15, 0.2) is 54.6 Å². The number of anilines is 1. The number of halogens is 1. The van der Waals surface area contributed by atoms with Gasteiger partial charge in [0.25, 0.3) is 0 Å². The highest BCUT2D eigenvalue weighted by Gasteiger charge is 2.34. The summed E-state index contributed by atoms with van der Waals surface area (Å²) in [5, 5.41) is 3.24. The fourth-order valence-corrected chi connectivity index (χ4v) is 5.02. The summed E-state index contributed by atoms with van der Waals surface area (Å²) >= 11 is 0. The first kappa shape index (κ1) is 28.6. The Kier molecular flexibility index (Phi) is 8.61. The van der Waals surface area contributed by atoms with E-state index in [9.17, 15) is 17.6 Å². The highest BCUT2D eigenvalue weighted by molar-refractivity contribution is 7.86. The van der Waals surface area contributed by atoms with E-state index in [-0.39, 0.29) is 18.3 Å². The van der Waals surface area contributed by atoms with Crippen LogP contribution in [0, 0.1) is 25.1 Å². The maximum absolute atomic E-state index is 14.6. The molecule has 0 saturated carbocycles. The van der Waals surface area contributed by atoms with Crippen LogP contribution in [-0.2, 0) is 36.8 Å². The minimum absolute atomic E-state index is 0.0405. The third-order valence-electron chi connectivity index (χ3n) is 6.60. The summed E-state index contributed by atoms with van der Waals surface area (Å²) < 4.78 is 52.3. The van der Waals surface area contributed by atoms with E-state index in [0.717, 1.165) is 53.0 Å². The number of ether oxygens (including phenoxy) is 2. The molecule has 3 aromatic rings. The Hall–Kier alpha value is -3.43. The lowest BCUT2D eigenvalue weighted by atomic mass is 9.90. The molecule has 1 aliphatic rings. The summed E-state index contributed by atoms with van der Waals surface area (Å²) in [5.74, 6) is -0.532. The summed E-state index contributed by atoms with van der Waals surface area (Å²) in [6.07, 6.45) is 0.603. The maximum Gasteiger partial charge on any atom is 0.322 e. The molecular weight excluding hydrogens is 521 g/mol. The van der Waals surface area contributed by atoms with Crippen molar-refractivity contribution in [2.24, 2.45) is 5.41 Å². The van der Waals surface area contributed by atoms with Crippen molar-refractivity contribution < 1.29 is 31.3 Å². The zero-order valence-corrected chi connectivity index (χ0v) is 23.5. The van der Waals surface area contributed by atoms with Gasteiger partial charge in [0.1, 0.15) is 11.6 Å². The van der Waals surface area contributed by atoms with E-state index < -0.39 is 21.9 Å². The first-order valence-electron chi connectivity index (χ1n) is 12.8. The van der Waals surface area contributed by atoms with Crippen molar-refractivity contribution in [3.8, 4) is 16.9 Å². The molecule has 1 fully saturated rings. The van der Waals surface area contributed by atoms with Crippen LogP contribution < -0.4 is 10.1 Å². The van der Waals surface area contributed by atoms with E-state index in [1.54, 1.807) is 12.1 Å². The van der Waals surface area contributed by atoms with Gasteiger partial charge in [0.15, 0.2) is 0 Å². The number of hydrogen-bond donors (Lipinski definition) is 1. The fraction of sp³-hybridized carbons (Fsp3) is 0.367. The van der Waals surface area contributed by atoms with Crippen molar-refractivity contribution in [1.82, 2.24) is 0 Å². The van der Waals surface area contributed by atoms with Crippen LogP contribution in [0.3, 0.4) is 0 Å². The molecular formula is C30H34FNO6S. The van der Waals surface area contributed by atoms with Crippen molar-refractivity contribution in [1.29, 1.82) is 0 Å². The van der Waals surface area contributed by atoms with Crippen LogP contribution in [0.4, 0.5) is 10.1 Å². The average molecular weight is 556 g/mol. The zero-order chi connectivity index (χ0) is 28.2. The van der Waals surface area contributed by atoms with Crippen molar-refractivity contribution in [2.45, 2.75) is 40.2 Å². The minimum Gasteiger partial charge on any atom is -0.493 e. The lowest BCUT2D eigenvalue weighted by molar-refractivity contribution is -0.133. The number of nitrogens with one attached hydrogen (secondary N) is 1. The van der Waals surface area contributed by atoms with E-state index in [1.807, 2.05) is 12.1 Å². The Morgan fingerprint density at radius 2 is 1.79 bits per heavy atom. The molecule has 0 atom stereocenters. The fourth-order valence-electron chi connectivity index (χ4n) is 4.60. The highest BCUT2D eigenvalue weighted by Crippen LogP contribution is 2.33. The molecule has 9 heteroatoms. The van der Waals surface area contributed by atoms with Crippen LogP contribution in [0.5, 0.6) is 5.75 Å². The third kappa shape index (κ3) is 7.80. The first-order valence-corrected chi connectivity index (χ1v) is 14.6. The Labute approximate surface area is 229 Å². The molecule has 0 aliphatic carbocycles. The SMILES string of the molecule is Cc1cc(OCC2(C)COC2)cc(C)c1-c1cccc(CNc2ccc(CCC(=O)OS(C)(=O)=O)c(F)c2)c1. The van der Waals surface area contributed by atoms with E-state index in [2.05, 4.69) is 54.5 Å². The molecule has 0 amide bonds. The van der Waals surface area contributed by atoms with Gasteiger partial charge in [-0.05, 0) is 84.0 Å². The van der Waals surface area contributed by atoms with Gasteiger partial charge < -0.3 is 19.0 Å². The number of carbonyl (C=O) groups excluding carboxylic acids is 1. The van der Waals surface area contributed by atoms with E-state index >= 15 is 0 Å². The minimum atomic E-state index is -3.88. The number of carbonyl (C=O) groups is 1. The second-order valence-corrected chi connectivity index (χ2v) is 12.1. The quantitative estimate of drug-likeness (QED) is 0.309. The Morgan fingerprint density at radius 1 is 1.08 bits per heavy atom. The second-order valence-electron chi connectivity index (χ2n) is 10.5. The van der Waals surface area contributed by atoms with Gasteiger partial charge in [0.2, 0.25) is 0 Å². The van der Waals surface area contributed by atoms with Gasteiger partial charge in [0, 0.05) is 17.6 Å². The number of hydrogen-bond acceptors (Lipinski definition) is 7. The van der Waals surface area contributed by atoms with Crippen molar-refractivity contribution in [2.75, 3.05) is 31.4 Å². The van der Waals surface area contributed by atoms with Gasteiger partial charge in [-0.1, -0.05) is 31.2 Å². The number of rotatable bonds is 11. The molecule has 208 valence electrons. The van der Waals surface area contributed by atoms with Crippen molar-refractivity contribution in [3.05, 3.63) is 82.7 Å². The second kappa shape index (κ2) is 11.8. The van der Waals surface area contributed by atoms with Gasteiger partial charge in [-0.2, -0.15) is 8.42 Å². The smallest absolute Gasteiger partial charge is 0.322 e. The Bertz CT molecular complexity index is 1440. The van der Waals surface area contributed by atoms with Crippen LogP contribution in [0.1, 0.15) is 35.6 Å². The van der Waals surface area contributed by atoms with Crippen molar-refractivity contribution >= 4 is 21.8 Å². The van der Waals surface area contributed by atoms with Gasteiger partial charge in [-0.25, -0.2) is 4.39 Å². The molecule has 4 rings (SSSR count). The molecule has 0 unspecified atom stereocenters. The van der Waals surface area contributed by atoms with Gasteiger partial charge in [0.05, 0.1) is 32.5 Å². The summed E-state index contributed by atoms with van der Waals surface area (Å²) in [7, 11) is -3.88. The molecule has 7 nitrogen and oxygen atoms in total. The summed E-state index contributed by atoms with van der Waals surface area (Å²) in [6, 6.07) is 17.0. The molecule has 0 bridgehead atoms. The lowest BCUT2D eigenvalue weighted by Crippen LogP contribution is -2.44. The van der Waals surface area contributed by atoms with Gasteiger partial charge >= 0.3 is 16.1 Å². The summed E-state index contributed by atoms with van der Waals surface area (Å²) in [4.78, 5) is 11.6. The molecule has 1 heterocycles. The normalized spacial score (nSPS) is 14.4. The monoisotopic (exact) mass is 555 g/mol. The van der Waals surface area contributed by atoms with Crippen LogP contribution in [0.2, 0.25) is 0 Å². The topological polar surface area (TPSA) is 90.9 Å². The maximum atomic E-state index is 14.6. The predicted molar refractivity (Wildman–Crippen MR) is 149 cm³/mol. The average Bonchev–Trinajstić information content (AvgIpc) is 2.83. The van der Waals surface area contributed by atoms with Crippen molar-refractivity contribution in [3.63, 3.8) is 0 Å². The summed E-state index contributed by atoms with van der Waals surface area (Å²) in [5.41, 5.74) is 6.54. The van der Waals surface area contributed by atoms with E-state index in [1.165, 1.54) is 6.07 Å². The molecule has 3 aromatic carbocycles. The van der Waals surface area contributed by atoms with Crippen LogP contribution >= 0.6 is 0 Å². The van der Waals surface area contributed by atoms with E-state index in [0.29, 0.717) is 24.4 Å². The Balaban J connectivity index is 1.38. The first-order chi connectivity index (χ1) is 18.4. The molecule has 0 spiro atoms. The molecule has 1 aliphatic heterocycles. The molecule has 1 N–H and O–H groups in total. The zero-order valence-electron chi connectivity index (χ0n) is 22.7. The molecule has 0 radical (unpaired) electrons. The molecule has 1 saturated heterocycles. The Morgan fingerprint density at radius 3 is 2.41 bits per heavy atom. The number of aryl methyl sites for hydroxylation is 3. The van der Waals surface area contributed by atoms with E-state index in [4.69, 9.17) is 9.47 Å². The lowest BCUT2D eigenvalue weighted by Gasteiger charge is -2.37.